The van der Waals surface area contributed by atoms with Crippen LogP contribution >= 0.6 is 0 Å². The number of ether oxygens (including phenoxy) is 3. The van der Waals surface area contributed by atoms with Crippen molar-refractivity contribution in [3.8, 4) is 0 Å². The third kappa shape index (κ3) is 4.65. The Balaban J connectivity index is 4.21. The molecular weight excluding hydrogens is 172 g/mol. The summed E-state index contributed by atoms with van der Waals surface area (Å²) in [6.07, 6.45) is 1.07. The van der Waals surface area contributed by atoms with Gasteiger partial charge in [0.2, 0.25) is 0 Å². The lowest BCUT2D eigenvalue weighted by Crippen LogP contribution is -2.37. The van der Waals surface area contributed by atoms with Gasteiger partial charge in [0.25, 0.3) is 0 Å². The summed E-state index contributed by atoms with van der Waals surface area (Å²) in [5.74, 6) is -1.86. The van der Waals surface area contributed by atoms with Gasteiger partial charge in [-0.25, -0.2) is 4.79 Å². The first-order valence-corrected chi connectivity index (χ1v) is 4.21. The van der Waals surface area contributed by atoms with Gasteiger partial charge in [0, 0.05) is 13.0 Å². The van der Waals surface area contributed by atoms with E-state index in [0.29, 0.717) is 13.2 Å². The van der Waals surface area contributed by atoms with E-state index in [9.17, 15) is 4.79 Å². The summed E-state index contributed by atoms with van der Waals surface area (Å²) in [6, 6.07) is 0. The minimum absolute atomic E-state index is 0.404. The maximum atomic E-state index is 10.9. The summed E-state index contributed by atoms with van der Waals surface area (Å²) in [5, 5.41) is 0. The molecule has 0 aromatic carbocycles. The summed E-state index contributed by atoms with van der Waals surface area (Å²) < 4.78 is 15.1. The van der Waals surface area contributed by atoms with Crippen LogP contribution in [0.15, 0.2) is 12.7 Å². The van der Waals surface area contributed by atoms with Crippen LogP contribution in [0.3, 0.4) is 0 Å². The summed E-state index contributed by atoms with van der Waals surface area (Å²) >= 11 is 0. The fourth-order valence-electron chi connectivity index (χ4n) is 0.849. The van der Waals surface area contributed by atoms with E-state index in [-0.39, 0.29) is 0 Å². The summed E-state index contributed by atoms with van der Waals surface area (Å²) in [7, 11) is 0. The SMILES string of the molecule is C=CC(=O)OC(C)(OCC)OCC. The molecular formula is C9H16O4. The summed E-state index contributed by atoms with van der Waals surface area (Å²) in [6.45, 7) is 9.21. The van der Waals surface area contributed by atoms with Crippen LogP contribution in [-0.2, 0) is 19.0 Å². The average Bonchev–Trinajstić information content (AvgIpc) is 2.04. The smallest absolute Gasteiger partial charge is 0.334 e. The minimum atomic E-state index is -1.30. The Kier molecular flexibility index (Phi) is 5.34. The highest BCUT2D eigenvalue weighted by atomic mass is 16.9. The van der Waals surface area contributed by atoms with Gasteiger partial charge >= 0.3 is 11.9 Å². The van der Waals surface area contributed by atoms with Gasteiger partial charge in [-0.05, 0) is 13.8 Å². The van der Waals surface area contributed by atoms with Crippen LogP contribution in [0.1, 0.15) is 20.8 Å². The molecule has 4 heteroatoms. The van der Waals surface area contributed by atoms with Gasteiger partial charge in [-0.3, -0.25) is 0 Å². The van der Waals surface area contributed by atoms with Gasteiger partial charge in [-0.15, -0.1) is 0 Å². The van der Waals surface area contributed by atoms with Crippen molar-refractivity contribution in [3.05, 3.63) is 12.7 Å². The van der Waals surface area contributed by atoms with E-state index in [2.05, 4.69) is 6.58 Å². The first kappa shape index (κ1) is 12.1. The van der Waals surface area contributed by atoms with Crippen LogP contribution in [0.5, 0.6) is 0 Å². The Hall–Kier alpha value is -0.870. The van der Waals surface area contributed by atoms with Gasteiger partial charge in [0.1, 0.15) is 0 Å². The molecule has 0 saturated heterocycles. The third-order valence-electron chi connectivity index (χ3n) is 1.27. The van der Waals surface area contributed by atoms with Crippen molar-refractivity contribution in [1.82, 2.24) is 0 Å². The van der Waals surface area contributed by atoms with E-state index >= 15 is 0 Å². The molecule has 4 nitrogen and oxygen atoms in total. The van der Waals surface area contributed by atoms with Crippen molar-refractivity contribution in [2.75, 3.05) is 13.2 Å². The monoisotopic (exact) mass is 188 g/mol. The first-order chi connectivity index (χ1) is 6.08. The van der Waals surface area contributed by atoms with Crippen LogP contribution in [0.2, 0.25) is 0 Å². The van der Waals surface area contributed by atoms with E-state index in [1.807, 2.05) is 0 Å². The number of hydrogen-bond donors (Lipinski definition) is 0. The zero-order chi connectivity index (χ0) is 10.3. The molecule has 0 N–H and O–H groups in total. The van der Waals surface area contributed by atoms with E-state index in [1.54, 1.807) is 20.8 Å². The Bertz CT molecular complexity index is 170. The molecule has 0 radical (unpaired) electrons. The average molecular weight is 188 g/mol. The van der Waals surface area contributed by atoms with Gasteiger partial charge < -0.3 is 14.2 Å². The van der Waals surface area contributed by atoms with Gasteiger partial charge in [0.05, 0.1) is 13.2 Å². The molecule has 0 atom stereocenters. The predicted molar refractivity (Wildman–Crippen MR) is 47.9 cm³/mol. The Labute approximate surface area is 78.5 Å². The topological polar surface area (TPSA) is 44.8 Å². The quantitative estimate of drug-likeness (QED) is 0.359. The van der Waals surface area contributed by atoms with Gasteiger partial charge in [0.15, 0.2) is 0 Å². The summed E-state index contributed by atoms with van der Waals surface area (Å²) in [5.41, 5.74) is 0. The molecule has 0 saturated carbocycles. The number of carbonyl (C=O) groups excluding carboxylic acids is 1. The zero-order valence-electron chi connectivity index (χ0n) is 8.33. The van der Waals surface area contributed by atoms with Crippen molar-refractivity contribution in [3.63, 3.8) is 0 Å². The molecule has 0 unspecified atom stereocenters. The Morgan fingerprint density at radius 1 is 1.38 bits per heavy atom. The molecule has 0 amide bonds. The number of rotatable bonds is 6. The highest BCUT2D eigenvalue weighted by Crippen LogP contribution is 2.14. The van der Waals surface area contributed by atoms with Crippen LogP contribution in [-0.4, -0.2) is 25.2 Å². The van der Waals surface area contributed by atoms with Crippen molar-refractivity contribution >= 4 is 5.97 Å². The maximum Gasteiger partial charge on any atom is 0.334 e. The molecule has 13 heavy (non-hydrogen) atoms. The Morgan fingerprint density at radius 3 is 2.15 bits per heavy atom. The summed E-state index contributed by atoms with van der Waals surface area (Å²) in [4.78, 5) is 10.9. The van der Waals surface area contributed by atoms with Gasteiger partial charge in [-0.1, -0.05) is 6.58 Å². The van der Waals surface area contributed by atoms with E-state index in [0.717, 1.165) is 6.08 Å². The van der Waals surface area contributed by atoms with Crippen LogP contribution in [0.4, 0.5) is 0 Å². The molecule has 0 spiro atoms. The second-order valence-corrected chi connectivity index (χ2v) is 2.35. The minimum Gasteiger partial charge on any atom is -0.405 e. The fraction of sp³-hybridized carbons (Fsp3) is 0.667. The van der Waals surface area contributed by atoms with Crippen molar-refractivity contribution in [2.45, 2.75) is 26.7 Å². The Morgan fingerprint density at radius 2 is 1.85 bits per heavy atom. The second-order valence-electron chi connectivity index (χ2n) is 2.35. The van der Waals surface area contributed by atoms with Crippen molar-refractivity contribution < 1.29 is 19.0 Å². The maximum absolute atomic E-state index is 10.9. The first-order valence-electron chi connectivity index (χ1n) is 4.21. The molecule has 76 valence electrons. The van der Waals surface area contributed by atoms with Crippen LogP contribution in [0, 0.1) is 0 Å². The lowest BCUT2D eigenvalue weighted by Gasteiger charge is -2.27. The largest absolute Gasteiger partial charge is 0.405 e. The lowest BCUT2D eigenvalue weighted by atomic mass is 10.5. The zero-order valence-corrected chi connectivity index (χ0v) is 8.33. The van der Waals surface area contributed by atoms with Crippen molar-refractivity contribution in [1.29, 1.82) is 0 Å². The van der Waals surface area contributed by atoms with Gasteiger partial charge in [-0.2, -0.15) is 0 Å². The molecule has 0 aliphatic rings. The number of esters is 1. The third-order valence-corrected chi connectivity index (χ3v) is 1.27. The second kappa shape index (κ2) is 5.72. The molecule has 0 aromatic heterocycles. The molecule has 0 rings (SSSR count). The molecule has 0 aliphatic heterocycles. The predicted octanol–water partition coefficient (Wildman–Crippen LogP) is 1.46. The number of carbonyl (C=O) groups is 1. The normalized spacial score (nSPS) is 11.0. The van der Waals surface area contributed by atoms with Crippen molar-refractivity contribution in [2.24, 2.45) is 0 Å². The molecule has 0 heterocycles. The van der Waals surface area contributed by atoms with E-state index < -0.39 is 11.9 Å². The molecule has 0 aliphatic carbocycles. The standard InChI is InChI=1S/C9H16O4/c1-5-8(10)13-9(4,11-6-2)12-7-3/h5H,1,6-7H2,2-4H3. The van der Waals surface area contributed by atoms with Crippen LogP contribution in [0.25, 0.3) is 0 Å². The molecule has 0 bridgehead atoms. The highest BCUT2D eigenvalue weighted by Gasteiger charge is 2.28. The molecule has 0 aromatic rings. The number of hydrogen-bond acceptors (Lipinski definition) is 4. The fourth-order valence-corrected chi connectivity index (χ4v) is 0.849. The highest BCUT2D eigenvalue weighted by molar-refractivity contribution is 5.81. The lowest BCUT2D eigenvalue weighted by molar-refractivity contribution is -0.347. The van der Waals surface area contributed by atoms with E-state index in [4.69, 9.17) is 14.2 Å². The van der Waals surface area contributed by atoms with E-state index in [1.165, 1.54) is 0 Å². The van der Waals surface area contributed by atoms with Crippen LogP contribution < -0.4 is 0 Å². The molecule has 0 fully saturated rings.